The fourth-order valence-corrected chi connectivity index (χ4v) is 0.144. The van der Waals surface area contributed by atoms with E-state index in [0.717, 1.165) is 0 Å². The Morgan fingerprint density at radius 2 is 2.00 bits per heavy atom. The van der Waals surface area contributed by atoms with Crippen LogP contribution < -0.4 is 5.73 Å². The zero-order valence-corrected chi connectivity index (χ0v) is 4.15. The Morgan fingerprint density at radius 1 is 1.67 bits per heavy atom. The maximum absolute atomic E-state index is 7.10. The number of rotatable bonds is 2. The van der Waals surface area contributed by atoms with E-state index in [1.54, 1.807) is 0 Å². The van der Waals surface area contributed by atoms with Gasteiger partial charge in [0.2, 0.25) is 0 Å². The number of hydrogen-bond acceptors (Lipinski definition) is 1. The zero-order chi connectivity index (χ0) is 8.58. The lowest BCUT2D eigenvalue weighted by atomic mass is 10.2. The van der Waals surface area contributed by atoms with Gasteiger partial charge in [0, 0.05) is 11.5 Å². The summed E-state index contributed by atoms with van der Waals surface area (Å²) in [5, 5.41) is 0. The molecule has 2 N–H and O–H groups in total. The zero-order valence-electron chi connectivity index (χ0n) is 8.15. The highest BCUT2D eigenvalue weighted by molar-refractivity contribution is 4.51. The summed E-state index contributed by atoms with van der Waals surface area (Å²) in [7, 11) is 0. The third-order valence-corrected chi connectivity index (χ3v) is 0.622. The Kier molecular flexibility index (Phi) is 0.962. The van der Waals surface area contributed by atoms with Crippen molar-refractivity contribution in [1.82, 2.24) is 0 Å². The summed E-state index contributed by atoms with van der Waals surface area (Å²) in [4.78, 5) is 0. The molecule has 1 heteroatoms. The van der Waals surface area contributed by atoms with Crippen LogP contribution in [0.3, 0.4) is 0 Å². The molecule has 0 aromatic rings. The molecule has 0 aliphatic heterocycles. The summed E-state index contributed by atoms with van der Waals surface area (Å²) in [6, 6.07) is -1.07. The second-order valence-corrected chi connectivity index (χ2v) is 1.06. The van der Waals surface area contributed by atoms with Crippen LogP contribution >= 0.6 is 0 Å². The molecule has 0 bridgehead atoms. The van der Waals surface area contributed by atoms with Gasteiger partial charge in [-0.2, -0.15) is 0 Å². The number of hydrogen-bond donors (Lipinski definition) is 1. The molecule has 0 aromatic heterocycles. The SMILES string of the molecule is [2H]C([2H])(C)C(N)C([2H])([2H])C. The minimum absolute atomic E-state index is 1.07. The minimum Gasteiger partial charge on any atom is -0.328 e. The quantitative estimate of drug-likeness (QED) is 0.541. The van der Waals surface area contributed by atoms with Crippen molar-refractivity contribution < 1.29 is 5.48 Å². The number of nitrogens with two attached hydrogens (primary N) is 1. The van der Waals surface area contributed by atoms with E-state index in [9.17, 15) is 0 Å². The fourth-order valence-electron chi connectivity index (χ4n) is 0.144. The van der Waals surface area contributed by atoms with Gasteiger partial charge in [-0.15, -0.1) is 0 Å². The van der Waals surface area contributed by atoms with Crippen molar-refractivity contribution >= 4 is 0 Å². The molecule has 0 spiro atoms. The van der Waals surface area contributed by atoms with E-state index in [1.807, 2.05) is 0 Å². The maximum atomic E-state index is 7.10. The van der Waals surface area contributed by atoms with Crippen LogP contribution in [0.1, 0.15) is 32.1 Å². The van der Waals surface area contributed by atoms with E-state index in [1.165, 1.54) is 13.8 Å². The van der Waals surface area contributed by atoms with E-state index >= 15 is 0 Å². The highest BCUT2D eigenvalue weighted by atomic mass is 14.6. The molecular weight excluding hydrogens is 74.1 g/mol. The normalized spacial score (nSPS) is 24.7. The molecule has 0 aliphatic rings. The smallest absolute Gasteiger partial charge is 0.0280 e. The molecular formula is C5H13N. The van der Waals surface area contributed by atoms with Crippen LogP contribution in [0.25, 0.3) is 0 Å². The molecule has 0 amide bonds. The molecule has 0 aliphatic carbocycles. The van der Waals surface area contributed by atoms with Crippen LogP contribution in [0.4, 0.5) is 0 Å². The van der Waals surface area contributed by atoms with Crippen molar-refractivity contribution in [3.05, 3.63) is 0 Å². The Bertz CT molecular complexity index is 97.8. The predicted molar refractivity (Wildman–Crippen MR) is 28.6 cm³/mol. The molecule has 0 unspecified atom stereocenters. The lowest BCUT2D eigenvalue weighted by molar-refractivity contribution is 0.629. The predicted octanol–water partition coefficient (Wildman–Crippen LogP) is 1.13. The molecule has 0 heterocycles. The third-order valence-electron chi connectivity index (χ3n) is 0.622. The lowest BCUT2D eigenvalue weighted by Gasteiger charge is -1.99. The first-order valence-corrected chi connectivity index (χ1v) is 1.91. The fraction of sp³-hybridized carbons (Fsp3) is 1.00. The van der Waals surface area contributed by atoms with Crippen LogP contribution in [0.15, 0.2) is 0 Å². The topological polar surface area (TPSA) is 26.0 Å². The van der Waals surface area contributed by atoms with Gasteiger partial charge in [-0.1, -0.05) is 13.8 Å². The van der Waals surface area contributed by atoms with E-state index in [0.29, 0.717) is 0 Å². The van der Waals surface area contributed by atoms with Crippen molar-refractivity contribution in [1.29, 1.82) is 0 Å². The highest BCUT2D eigenvalue weighted by Gasteiger charge is 1.88. The van der Waals surface area contributed by atoms with Crippen LogP contribution in [-0.4, -0.2) is 6.04 Å². The Morgan fingerprint density at radius 3 is 2.00 bits per heavy atom. The highest BCUT2D eigenvalue weighted by Crippen LogP contribution is 1.88. The molecule has 0 saturated heterocycles. The summed E-state index contributed by atoms with van der Waals surface area (Å²) in [6.45, 7) is 2.55. The molecule has 38 valence electrons. The first-order valence-electron chi connectivity index (χ1n) is 3.91. The summed E-state index contributed by atoms with van der Waals surface area (Å²) in [5.41, 5.74) is 5.28. The second-order valence-electron chi connectivity index (χ2n) is 1.06. The monoisotopic (exact) mass is 91.1 g/mol. The molecule has 0 saturated carbocycles. The first kappa shape index (κ1) is 1.83. The van der Waals surface area contributed by atoms with Gasteiger partial charge in [-0.05, 0) is 12.7 Å². The lowest BCUT2D eigenvalue weighted by Crippen LogP contribution is -2.16. The Hall–Kier alpha value is -0.0400. The molecule has 0 fully saturated rings. The molecule has 0 radical (unpaired) electrons. The minimum atomic E-state index is -1.65. The molecule has 1 nitrogen and oxygen atoms in total. The van der Waals surface area contributed by atoms with Crippen LogP contribution in [0.2, 0.25) is 0 Å². The van der Waals surface area contributed by atoms with E-state index in [2.05, 4.69) is 0 Å². The van der Waals surface area contributed by atoms with Crippen molar-refractivity contribution in [2.75, 3.05) is 0 Å². The van der Waals surface area contributed by atoms with Crippen LogP contribution in [-0.2, 0) is 0 Å². The summed E-state index contributed by atoms with van der Waals surface area (Å²) in [5.74, 6) is 0. The van der Waals surface area contributed by atoms with Gasteiger partial charge in [0.1, 0.15) is 0 Å². The largest absolute Gasteiger partial charge is 0.328 e. The second kappa shape index (κ2) is 3.16. The first-order chi connectivity index (χ1) is 4.15. The van der Waals surface area contributed by atoms with Gasteiger partial charge < -0.3 is 5.73 Å². The average Bonchev–Trinajstić information content (AvgIpc) is 1.59. The molecule has 0 rings (SSSR count). The maximum Gasteiger partial charge on any atom is 0.0280 e. The van der Waals surface area contributed by atoms with E-state index in [-0.39, 0.29) is 0 Å². The van der Waals surface area contributed by atoms with Gasteiger partial charge in [-0.3, -0.25) is 0 Å². The standard InChI is InChI=1S/C5H13N/c1-3-5(6)4-2/h5H,3-4,6H2,1-2H3/i3D2,4D2. The van der Waals surface area contributed by atoms with E-state index in [4.69, 9.17) is 11.2 Å². The van der Waals surface area contributed by atoms with Crippen LogP contribution in [0.5, 0.6) is 0 Å². The van der Waals surface area contributed by atoms with Gasteiger partial charge in [0.05, 0.1) is 0 Å². The molecule has 6 heavy (non-hydrogen) atoms. The molecule has 0 aromatic carbocycles. The van der Waals surface area contributed by atoms with Gasteiger partial charge in [0.15, 0.2) is 0 Å². The van der Waals surface area contributed by atoms with Crippen LogP contribution in [0, 0.1) is 0 Å². The van der Waals surface area contributed by atoms with Crippen molar-refractivity contribution in [2.24, 2.45) is 5.73 Å². The summed E-state index contributed by atoms with van der Waals surface area (Å²) in [6.07, 6.45) is -3.31. The summed E-state index contributed by atoms with van der Waals surface area (Å²) < 4.78 is 28.4. The van der Waals surface area contributed by atoms with Gasteiger partial charge >= 0.3 is 0 Å². The van der Waals surface area contributed by atoms with Crippen molar-refractivity contribution in [3.8, 4) is 0 Å². The van der Waals surface area contributed by atoms with Gasteiger partial charge in [-0.25, -0.2) is 0 Å². The third kappa shape index (κ3) is 2.21. The molecule has 0 atom stereocenters. The van der Waals surface area contributed by atoms with Crippen molar-refractivity contribution in [2.45, 2.75) is 32.6 Å². The summed E-state index contributed by atoms with van der Waals surface area (Å²) >= 11 is 0. The van der Waals surface area contributed by atoms with E-state index < -0.39 is 18.8 Å². The Balaban J connectivity index is 4.23. The van der Waals surface area contributed by atoms with Crippen molar-refractivity contribution in [3.63, 3.8) is 0 Å². The average molecular weight is 91.2 g/mol. The Labute approximate surface area is 45.2 Å². The van der Waals surface area contributed by atoms with Gasteiger partial charge in [0.25, 0.3) is 0 Å².